The third-order valence-electron chi connectivity index (χ3n) is 3.37. The Hall–Kier alpha value is -3.14. The molecule has 1 heterocycles. The van der Waals surface area contributed by atoms with Crippen LogP contribution >= 0.6 is 11.3 Å². The molecule has 0 aliphatic rings. The second kappa shape index (κ2) is 9.53. The van der Waals surface area contributed by atoms with E-state index < -0.39 is 29.1 Å². The second-order valence-corrected chi connectivity index (χ2v) is 6.17. The zero-order valence-electron chi connectivity index (χ0n) is 14.7. The second-order valence-electron chi connectivity index (χ2n) is 5.14. The number of thiophene rings is 1. The minimum Gasteiger partial charge on any atom is -0.493 e. The molecule has 144 valence electrons. The van der Waals surface area contributed by atoms with Gasteiger partial charge in [0.25, 0.3) is 11.6 Å². The normalized spacial score (nSPS) is 10.1. The summed E-state index contributed by atoms with van der Waals surface area (Å²) < 4.78 is 15.3. The summed E-state index contributed by atoms with van der Waals surface area (Å²) in [6, 6.07) is 5.96. The van der Waals surface area contributed by atoms with Crippen molar-refractivity contribution in [3.8, 4) is 11.5 Å². The highest BCUT2D eigenvalue weighted by molar-refractivity contribution is 7.09. The minimum absolute atomic E-state index is 0.136. The van der Waals surface area contributed by atoms with Crippen molar-refractivity contribution in [2.75, 3.05) is 20.3 Å². The number of benzene rings is 1. The van der Waals surface area contributed by atoms with Crippen LogP contribution in [0.4, 0.5) is 5.69 Å². The number of carbonyl (C=O) groups is 2. The van der Waals surface area contributed by atoms with Gasteiger partial charge in [0, 0.05) is 10.9 Å². The first-order valence-electron chi connectivity index (χ1n) is 7.91. The molecule has 27 heavy (non-hydrogen) atoms. The van der Waals surface area contributed by atoms with E-state index in [-0.39, 0.29) is 23.7 Å². The average molecular weight is 394 g/mol. The zero-order valence-corrected chi connectivity index (χ0v) is 15.5. The first-order chi connectivity index (χ1) is 13.0. The van der Waals surface area contributed by atoms with E-state index in [4.69, 9.17) is 14.2 Å². The van der Waals surface area contributed by atoms with Gasteiger partial charge in [-0.1, -0.05) is 6.07 Å². The Labute approximate surface area is 159 Å². The molecule has 0 spiro atoms. The molecule has 10 heteroatoms. The van der Waals surface area contributed by atoms with Crippen LogP contribution < -0.4 is 14.8 Å². The Balaban J connectivity index is 2.07. The number of amides is 1. The number of nitro benzene ring substituents is 1. The van der Waals surface area contributed by atoms with Gasteiger partial charge in [-0.2, -0.15) is 0 Å². The fourth-order valence-corrected chi connectivity index (χ4v) is 2.79. The van der Waals surface area contributed by atoms with E-state index in [1.807, 2.05) is 17.5 Å². The molecule has 0 saturated carbocycles. The minimum atomic E-state index is -1.01. The molecule has 1 N–H and O–H groups in total. The van der Waals surface area contributed by atoms with Crippen LogP contribution in [0.1, 0.15) is 22.2 Å². The van der Waals surface area contributed by atoms with Gasteiger partial charge in [-0.25, -0.2) is 4.79 Å². The van der Waals surface area contributed by atoms with E-state index in [2.05, 4.69) is 5.32 Å². The van der Waals surface area contributed by atoms with Crippen LogP contribution in [0.2, 0.25) is 0 Å². The first kappa shape index (κ1) is 20.2. The number of nitrogens with zero attached hydrogens (tertiary/aromatic N) is 1. The lowest BCUT2D eigenvalue weighted by Gasteiger charge is -2.11. The van der Waals surface area contributed by atoms with Gasteiger partial charge in [-0.05, 0) is 18.4 Å². The van der Waals surface area contributed by atoms with Crippen molar-refractivity contribution in [3.05, 3.63) is 50.2 Å². The van der Waals surface area contributed by atoms with Crippen LogP contribution in [0, 0.1) is 10.1 Å². The molecule has 0 aliphatic heterocycles. The molecule has 1 aromatic carbocycles. The number of hydrogen-bond donors (Lipinski definition) is 1. The van der Waals surface area contributed by atoms with E-state index in [9.17, 15) is 19.7 Å². The maximum atomic E-state index is 12.2. The first-order valence-corrected chi connectivity index (χ1v) is 8.79. The molecule has 9 nitrogen and oxygen atoms in total. The van der Waals surface area contributed by atoms with Crippen molar-refractivity contribution in [2.24, 2.45) is 0 Å². The summed E-state index contributed by atoms with van der Waals surface area (Å²) in [6.07, 6.45) is 0. The van der Waals surface area contributed by atoms with Gasteiger partial charge < -0.3 is 19.5 Å². The molecule has 0 bridgehead atoms. The maximum absolute atomic E-state index is 12.2. The number of hydrogen-bond acceptors (Lipinski definition) is 8. The summed E-state index contributed by atoms with van der Waals surface area (Å²) in [6.45, 7) is 1.73. The molecule has 2 aromatic rings. The van der Waals surface area contributed by atoms with E-state index in [0.717, 1.165) is 17.0 Å². The molecule has 0 aliphatic carbocycles. The van der Waals surface area contributed by atoms with Gasteiger partial charge in [0.05, 0.1) is 31.3 Å². The summed E-state index contributed by atoms with van der Waals surface area (Å²) in [7, 11) is 1.34. The lowest BCUT2D eigenvalue weighted by Crippen LogP contribution is -2.28. The molecule has 0 unspecified atom stereocenters. The lowest BCUT2D eigenvalue weighted by molar-refractivity contribution is -0.385. The molecular formula is C17H18N2O7S. The van der Waals surface area contributed by atoms with Crippen LogP contribution in [0.5, 0.6) is 11.5 Å². The van der Waals surface area contributed by atoms with Crippen molar-refractivity contribution in [1.82, 2.24) is 5.32 Å². The SMILES string of the molecule is CCOc1cc([N+](=O)[O-])c(C(=O)OCC(=O)NCc2cccs2)cc1OC. The van der Waals surface area contributed by atoms with Crippen molar-refractivity contribution in [2.45, 2.75) is 13.5 Å². The number of rotatable bonds is 9. The Morgan fingerprint density at radius 1 is 1.30 bits per heavy atom. The Morgan fingerprint density at radius 2 is 2.07 bits per heavy atom. The molecule has 1 amide bonds. The van der Waals surface area contributed by atoms with Crippen LogP contribution in [-0.4, -0.2) is 37.1 Å². The number of methoxy groups -OCH3 is 1. The number of nitro groups is 1. The number of nitrogens with one attached hydrogen (secondary N) is 1. The van der Waals surface area contributed by atoms with Crippen LogP contribution in [-0.2, 0) is 16.1 Å². The van der Waals surface area contributed by atoms with E-state index in [1.54, 1.807) is 6.92 Å². The van der Waals surface area contributed by atoms with Crippen molar-refractivity contribution in [1.29, 1.82) is 0 Å². The predicted octanol–water partition coefficient (Wildman–Crippen LogP) is 2.54. The quantitative estimate of drug-likeness (QED) is 0.394. The smallest absolute Gasteiger partial charge is 0.345 e. The highest BCUT2D eigenvalue weighted by Gasteiger charge is 2.26. The van der Waals surface area contributed by atoms with E-state index in [0.29, 0.717) is 6.54 Å². The maximum Gasteiger partial charge on any atom is 0.345 e. The number of carbonyl (C=O) groups excluding carboxylic acids is 2. The zero-order chi connectivity index (χ0) is 19.8. The third-order valence-corrected chi connectivity index (χ3v) is 4.25. The van der Waals surface area contributed by atoms with Crippen molar-refractivity contribution < 1.29 is 28.7 Å². The molecule has 1 aromatic heterocycles. The van der Waals surface area contributed by atoms with Gasteiger partial charge in [-0.3, -0.25) is 14.9 Å². The summed E-state index contributed by atoms with van der Waals surface area (Å²) in [5, 5.41) is 15.7. The topological polar surface area (TPSA) is 117 Å². The van der Waals surface area contributed by atoms with Crippen LogP contribution in [0.3, 0.4) is 0 Å². The summed E-state index contributed by atoms with van der Waals surface area (Å²) in [4.78, 5) is 35.5. The van der Waals surface area contributed by atoms with Gasteiger partial charge >= 0.3 is 5.97 Å². The molecule has 0 fully saturated rings. The molecule has 0 radical (unpaired) electrons. The Bertz CT molecular complexity index is 821. The molecule has 0 saturated heterocycles. The van der Waals surface area contributed by atoms with Crippen LogP contribution in [0.25, 0.3) is 0 Å². The molecular weight excluding hydrogens is 376 g/mol. The standard InChI is InChI=1S/C17H18N2O7S/c1-3-25-15-8-13(19(22)23)12(7-14(15)24-2)17(21)26-10-16(20)18-9-11-5-4-6-27-11/h4-8H,3,9-10H2,1-2H3,(H,18,20). The number of esters is 1. The highest BCUT2D eigenvalue weighted by atomic mass is 32.1. The Kier molecular flexibility index (Phi) is 7.12. The van der Waals surface area contributed by atoms with Crippen molar-refractivity contribution >= 4 is 28.9 Å². The largest absolute Gasteiger partial charge is 0.493 e. The number of ether oxygens (including phenoxy) is 3. The van der Waals surface area contributed by atoms with Gasteiger partial charge in [0.15, 0.2) is 18.1 Å². The van der Waals surface area contributed by atoms with E-state index in [1.165, 1.54) is 18.4 Å². The monoisotopic (exact) mass is 394 g/mol. The van der Waals surface area contributed by atoms with Crippen LogP contribution in [0.15, 0.2) is 29.6 Å². The average Bonchev–Trinajstić information content (AvgIpc) is 3.17. The summed E-state index contributed by atoms with van der Waals surface area (Å²) in [5.41, 5.74) is -0.824. The lowest BCUT2D eigenvalue weighted by atomic mass is 10.1. The van der Waals surface area contributed by atoms with E-state index >= 15 is 0 Å². The predicted molar refractivity (Wildman–Crippen MR) is 97.3 cm³/mol. The fraction of sp³-hybridized carbons (Fsp3) is 0.294. The summed E-state index contributed by atoms with van der Waals surface area (Å²) in [5.74, 6) is -1.24. The van der Waals surface area contributed by atoms with Crippen molar-refractivity contribution in [3.63, 3.8) is 0 Å². The Morgan fingerprint density at radius 3 is 2.67 bits per heavy atom. The van der Waals surface area contributed by atoms with Gasteiger partial charge in [0.1, 0.15) is 5.56 Å². The summed E-state index contributed by atoms with van der Waals surface area (Å²) >= 11 is 1.48. The third kappa shape index (κ3) is 5.42. The highest BCUT2D eigenvalue weighted by Crippen LogP contribution is 2.35. The van der Waals surface area contributed by atoms with Gasteiger partial charge in [0.2, 0.25) is 0 Å². The molecule has 2 rings (SSSR count). The fourth-order valence-electron chi connectivity index (χ4n) is 2.15. The molecule has 0 atom stereocenters. The van der Waals surface area contributed by atoms with Gasteiger partial charge in [-0.15, -0.1) is 11.3 Å².